The van der Waals surface area contributed by atoms with Crippen LogP contribution >= 0.6 is 0 Å². The van der Waals surface area contributed by atoms with Crippen LogP contribution in [0.25, 0.3) is 11.1 Å². The predicted octanol–water partition coefficient (Wildman–Crippen LogP) is 4.47. The van der Waals surface area contributed by atoms with Crippen molar-refractivity contribution in [1.29, 1.82) is 0 Å². The van der Waals surface area contributed by atoms with Crippen molar-refractivity contribution in [1.82, 2.24) is 5.32 Å². The Morgan fingerprint density at radius 2 is 1.77 bits per heavy atom. The molecule has 0 bridgehead atoms. The molecule has 0 aliphatic heterocycles. The largest absolute Gasteiger partial charge is 0.465 e. The van der Waals surface area contributed by atoms with Gasteiger partial charge < -0.3 is 14.8 Å². The van der Waals surface area contributed by atoms with Gasteiger partial charge in [0.1, 0.15) is 5.60 Å². The molecule has 5 nitrogen and oxygen atoms in total. The first-order valence-corrected chi connectivity index (χ1v) is 8.45. The molecule has 1 N–H and O–H groups in total. The quantitative estimate of drug-likeness (QED) is 0.822. The third-order valence-electron chi connectivity index (χ3n) is 3.79. The summed E-state index contributed by atoms with van der Waals surface area (Å²) in [6.45, 7) is 7.65. The van der Waals surface area contributed by atoms with Crippen LogP contribution in [0.2, 0.25) is 0 Å². The Balaban J connectivity index is 2.27. The lowest BCUT2D eigenvalue weighted by molar-refractivity contribution is 0.0522. The van der Waals surface area contributed by atoms with Gasteiger partial charge in [-0.15, -0.1) is 0 Å². The second-order valence-electron chi connectivity index (χ2n) is 7.03. The minimum atomic E-state index is -0.546. The highest BCUT2D eigenvalue weighted by atomic mass is 16.6. The van der Waals surface area contributed by atoms with Crippen molar-refractivity contribution >= 4 is 12.1 Å². The number of rotatable bonds is 4. The molecule has 2 aromatic carbocycles. The molecule has 0 saturated carbocycles. The maximum Gasteiger partial charge on any atom is 0.407 e. The second kappa shape index (κ2) is 8.04. The molecule has 0 saturated heterocycles. The van der Waals surface area contributed by atoms with E-state index in [2.05, 4.69) is 5.32 Å². The van der Waals surface area contributed by atoms with Crippen LogP contribution in [0.3, 0.4) is 0 Å². The Morgan fingerprint density at radius 3 is 2.42 bits per heavy atom. The van der Waals surface area contributed by atoms with Crippen LogP contribution in [-0.4, -0.2) is 24.8 Å². The summed E-state index contributed by atoms with van der Waals surface area (Å²) in [5, 5.41) is 2.77. The number of carbonyl (C=O) groups excluding carboxylic acids is 2. The molecule has 2 rings (SSSR count). The number of ether oxygens (including phenoxy) is 2. The monoisotopic (exact) mass is 355 g/mol. The van der Waals surface area contributed by atoms with E-state index in [1.165, 1.54) is 7.11 Å². The van der Waals surface area contributed by atoms with Crippen molar-refractivity contribution in [3.8, 4) is 11.1 Å². The van der Waals surface area contributed by atoms with Crippen molar-refractivity contribution in [2.45, 2.75) is 39.8 Å². The van der Waals surface area contributed by atoms with Gasteiger partial charge in [0, 0.05) is 6.54 Å². The molecular formula is C21H25NO4. The average Bonchev–Trinajstić information content (AvgIpc) is 2.58. The molecule has 0 spiro atoms. The maximum atomic E-state index is 12.0. The predicted molar refractivity (Wildman–Crippen MR) is 101 cm³/mol. The molecule has 0 fully saturated rings. The maximum absolute atomic E-state index is 12.0. The van der Waals surface area contributed by atoms with Crippen LogP contribution in [0.1, 0.15) is 42.3 Å². The zero-order valence-corrected chi connectivity index (χ0v) is 15.9. The van der Waals surface area contributed by atoms with Crippen LogP contribution in [0, 0.1) is 6.92 Å². The first-order valence-electron chi connectivity index (χ1n) is 8.45. The van der Waals surface area contributed by atoms with E-state index in [9.17, 15) is 9.59 Å². The average molecular weight is 355 g/mol. The highest BCUT2D eigenvalue weighted by molar-refractivity contribution is 5.92. The van der Waals surface area contributed by atoms with Crippen molar-refractivity contribution in [2.75, 3.05) is 7.11 Å². The van der Waals surface area contributed by atoms with Crippen LogP contribution in [0.5, 0.6) is 0 Å². The number of amides is 1. The van der Waals surface area contributed by atoms with Gasteiger partial charge in [0.05, 0.1) is 12.7 Å². The molecule has 2 aromatic rings. The van der Waals surface area contributed by atoms with Crippen LogP contribution in [-0.2, 0) is 16.0 Å². The number of benzene rings is 2. The van der Waals surface area contributed by atoms with Gasteiger partial charge in [-0.05, 0) is 56.0 Å². The number of hydrogen-bond donors (Lipinski definition) is 1. The van der Waals surface area contributed by atoms with Gasteiger partial charge in [0.15, 0.2) is 0 Å². The van der Waals surface area contributed by atoms with Gasteiger partial charge >= 0.3 is 12.1 Å². The summed E-state index contributed by atoms with van der Waals surface area (Å²) in [5.41, 5.74) is 3.59. The van der Waals surface area contributed by atoms with Crippen LogP contribution in [0.4, 0.5) is 4.79 Å². The third-order valence-corrected chi connectivity index (χ3v) is 3.79. The molecular weight excluding hydrogens is 330 g/mol. The molecule has 0 heterocycles. The van der Waals surface area contributed by atoms with E-state index in [1.807, 2.05) is 70.2 Å². The number of nitrogens with one attached hydrogen (secondary N) is 1. The smallest absolute Gasteiger partial charge is 0.407 e. The van der Waals surface area contributed by atoms with Gasteiger partial charge in [-0.2, -0.15) is 0 Å². The summed E-state index contributed by atoms with van der Waals surface area (Å²) in [6.07, 6.45) is -0.466. The van der Waals surface area contributed by atoms with Gasteiger partial charge in [0.25, 0.3) is 0 Å². The number of hydrogen-bond acceptors (Lipinski definition) is 4. The van der Waals surface area contributed by atoms with Crippen LogP contribution in [0.15, 0.2) is 42.5 Å². The summed E-state index contributed by atoms with van der Waals surface area (Å²) in [4.78, 5) is 23.9. The highest BCUT2D eigenvalue weighted by Crippen LogP contribution is 2.26. The molecule has 0 radical (unpaired) electrons. The lowest BCUT2D eigenvalue weighted by Gasteiger charge is -2.20. The topological polar surface area (TPSA) is 64.6 Å². The minimum Gasteiger partial charge on any atom is -0.465 e. The SMILES string of the molecule is COC(=O)c1cc(-c2ccccc2CNC(=O)OC(C)(C)C)ccc1C. The van der Waals surface area contributed by atoms with Crippen LogP contribution < -0.4 is 5.32 Å². The summed E-state index contributed by atoms with van der Waals surface area (Å²) in [5.74, 6) is -0.367. The summed E-state index contributed by atoms with van der Waals surface area (Å²) < 4.78 is 10.1. The lowest BCUT2D eigenvalue weighted by atomic mass is 9.96. The standard InChI is InChI=1S/C21H25NO4/c1-14-10-11-15(12-18(14)19(23)25-5)17-9-7-6-8-16(17)13-22-20(24)26-21(2,3)4/h6-12H,13H2,1-5H3,(H,22,24). The van der Waals surface area contributed by atoms with Crippen molar-refractivity contribution in [2.24, 2.45) is 0 Å². The van der Waals surface area contributed by atoms with Gasteiger partial charge in [-0.25, -0.2) is 9.59 Å². The van der Waals surface area contributed by atoms with E-state index in [1.54, 1.807) is 0 Å². The Kier molecular flexibility index (Phi) is 6.03. The summed E-state index contributed by atoms with van der Waals surface area (Å²) in [6, 6.07) is 13.4. The number of alkyl carbamates (subject to hydrolysis) is 1. The Morgan fingerprint density at radius 1 is 1.08 bits per heavy atom. The third kappa shape index (κ3) is 5.09. The highest BCUT2D eigenvalue weighted by Gasteiger charge is 2.17. The van der Waals surface area contributed by atoms with Gasteiger partial charge in [0.2, 0.25) is 0 Å². The number of aryl methyl sites for hydroxylation is 1. The van der Waals surface area contributed by atoms with Crippen molar-refractivity contribution in [3.63, 3.8) is 0 Å². The molecule has 0 aromatic heterocycles. The number of carbonyl (C=O) groups is 2. The fourth-order valence-electron chi connectivity index (χ4n) is 2.56. The molecule has 0 unspecified atom stereocenters. The Bertz CT molecular complexity index is 806. The van der Waals surface area contributed by atoms with Gasteiger partial charge in [-0.1, -0.05) is 36.4 Å². The molecule has 138 valence electrons. The fourth-order valence-corrected chi connectivity index (χ4v) is 2.56. The zero-order chi connectivity index (χ0) is 19.3. The van der Waals surface area contributed by atoms with E-state index in [-0.39, 0.29) is 5.97 Å². The van der Waals surface area contributed by atoms with E-state index in [4.69, 9.17) is 9.47 Å². The second-order valence-corrected chi connectivity index (χ2v) is 7.03. The molecule has 0 aliphatic carbocycles. The first-order chi connectivity index (χ1) is 12.2. The Labute approximate surface area is 154 Å². The lowest BCUT2D eigenvalue weighted by Crippen LogP contribution is -2.32. The summed E-state index contributed by atoms with van der Waals surface area (Å²) >= 11 is 0. The number of esters is 1. The first kappa shape index (κ1) is 19.5. The molecule has 0 aliphatic rings. The van der Waals surface area contributed by atoms with E-state index < -0.39 is 11.7 Å². The number of methoxy groups -OCH3 is 1. The van der Waals surface area contributed by atoms with Gasteiger partial charge in [-0.3, -0.25) is 0 Å². The molecule has 5 heteroatoms. The van der Waals surface area contributed by atoms with Crippen molar-refractivity contribution < 1.29 is 19.1 Å². The van der Waals surface area contributed by atoms with E-state index in [0.29, 0.717) is 12.1 Å². The summed E-state index contributed by atoms with van der Waals surface area (Å²) in [7, 11) is 1.37. The fraction of sp³-hybridized carbons (Fsp3) is 0.333. The molecule has 26 heavy (non-hydrogen) atoms. The molecule has 1 amide bonds. The Hall–Kier alpha value is -2.82. The minimum absolute atomic E-state index is 0.326. The van der Waals surface area contributed by atoms with E-state index in [0.717, 1.165) is 22.3 Å². The van der Waals surface area contributed by atoms with Crippen molar-refractivity contribution in [3.05, 3.63) is 59.2 Å². The zero-order valence-electron chi connectivity index (χ0n) is 15.9. The normalized spacial score (nSPS) is 11.0. The van der Waals surface area contributed by atoms with E-state index >= 15 is 0 Å². The molecule has 0 atom stereocenters.